The van der Waals surface area contributed by atoms with Gasteiger partial charge in [0.25, 0.3) is 0 Å². The third-order valence-electron chi connectivity index (χ3n) is 4.52. The SMILES string of the molecule is CC(C)c1ccc(CN2CC3CNCC3C2)cc1. The zero-order valence-electron chi connectivity index (χ0n) is 11.5. The molecule has 0 amide bonds. The lowest BCUT2D eigenvalue weighted by atomic mass is 10.0. The molecule has 98 valence electrons. The minimum Gasteiger partial charge on any atom is -0.316 e. The van der Waals surface area contributed by atoms with Crippen LogP contribution in [0.2, 0.25) is 0 Å². The van der Waals surface area contributed by atoms with Gasteiger partial charge in [0, 0.05) is 19.6 Å². The zero-order valence-corrected chi connectivity index (χ0v) is 11.5. The molecule has 2 aliphatic heterocycles. The Labute approximate surface area is 110 Å². The molecule has 2 fully saturated rings. The van der Waals surface area contributed by atoms with E-state index in [1.807, 2.05) is 0 Å². The molecule has 0 bridgehead atoms. The molecule has 1 aromatic rings. The number of nitrogens with zero attached hydrogens (tertiary/aromatic N) is 1. The van der Waals surface area contributed by atoms with E-state index in [0.717, 1.165) is 18.4 Å². The number of benzene rings is 1. The smallest absolute Gasteiger partial charge is 0.0233 e. The Balaban J connectivity index is 1.60. The summed E-state index contributed by atoms with van der Waals surface area (Å²) in [5.41, 5.74) is 2.91. The van der Waals surface area contributed by atoms with Crippen molar-refractivity contribution < 1.29 is 0 Å². The van der Waals surface area contributed by atoms with Crippen LogP contribution in [0.1, 0.15) is 30.9 Å². The standard InChI is InChI=1S/C16H24N2/c1-12(2)14-5-3-13(4-6-14)9-18-10-15-7-17-8-16(15)11-18/h3-6,12,15-17H,7-11H2,1-2H3. The summed E-state index contributed by atoms with van der Waals surface area (Å²) in [4.78, 5) is 2.63. The van der Waals surface area contributed by atoms with Gasteiger partial charge >= 0.3 is 0 Å². The van der Waals surface area contributed by atoms with Crippen molar-refractivity contribution in [3.8, 4) is 0 Å². The van der Waals surface area contributed by atoms with Gasteiger partial charge in [-0.15, -0.1) is 0 Å². The van der Waals surface area contributed by atoms with Crippen molar-refractivity contribution in [1.82, 2.24) is 10.2 Å². The summed E-state index contributed by atoms with van der Waals surface area (Å²) in [6, 6.07) is 9.19. The van der Waals surface area contributed by atoms with Crippen LogP contribution in [0, 0.1) is 11.8 Å². The molecule has 1 N–H and O–H groups in total. The molecule has 0 aromatic heterocycles. The number of hydrogen-bond acceptors (Lipinski definition) is 2. The summed E-state index contributed by atoms with van der Waals surface area (Å²) < 4.78 is 0. The van der Waals surface area contributed by atoms with E-state index < -0.39 is 0 Å². The first-order valence-electron chi connectivity index (χ1n) is 7.24. The topological polar surface area (TPSA) is 15.3 Å². The highest BCUT2D eigenvalue weighted by molar-refractivity contribution is 5.24. The molecule has 2 saturated heterocycles. The maximum Gasteiger partial charge on any atom is 0.0233 e. The van der Waals surface area contributed by atoms with Crippen LogP contribution >= 0.6 is 0 Å². The zero-order chi connectivity index (χ0) is 12.5. The van der Waals surface area contributed by atoms with Crippen molar-refractivity contribution in [2.45, 2.75) is 26.3 Å². The Bertz CT molecular complexity index is 384. The van der Waals surface area contributed by atoms with E-state index in [0.29, 0.717) is 5.92 Å². The van der Waals surface area contributed by atoms with E-state index >= 15 is 0 Å². The maximum absolute atomic E-state index is 3.50. The number of rotatable bonds is 3. The number of hydrogen-bond donors (Lipinski definition) is 1. The second-order valence-corrected chi connectivity index (χ2v) is 6.27. The van der Waals surface area contributed by atoms with Crippen LogP contribution in [0.4, 0.5) is 0 Å². The van der Waals surface area contributed by atoms with Crippen molar-refractivity contribution in [3.05, 3.63) is 35.4 Å². The van der Waals surface area contributed by atoms with Gasteiger partial charge in [0.2, 0.25) is 0 Å². The lowest BCUT2D eigenvalue weighted by Crippen LogP contribution is -2.25. The molecule has 0 radical (unpaired) electrons. The second-order valence-electron chi connectivity index (χ2n) is 6.27. The van der Waals surface area contributed by atoms with Crippen LogP contribution in [0.3, 0.4) is 0 Å². The minimum absolute atomic E-state index is 0.635. The summed E-state index contributed by atoms with van der Waals surface area (Å²) in [5, 5.41) is 3.50. The summed E-state index contributed by atoms with van der Waals surface area (Å²) in [6.07, 6.45) is 0. The third kappa shape index (κ3) is 2.45. The van der Waals surface area contributed by atoms with Crippen molar-refractivity contribution in [1.29, 1.82) is 0 Å². The van der Waals surface area contributed by atoms with Crippen LogP contribution in [0.5, 0.6) is 0 Å². The molecule has 2 aliphatic rings. The van der Waals surface area contributed by atoms with Gasteiger partial charge in [0.05, 0.1) is 0 Å². The lowest BCUT2D eigenvalue weighted by molar-refractivity contribution is 0.305. The highest BCUT2D eigenvalue weighted by Gasteiger charge is 2.35. The quantitative estimate of drug-likeness (QED) is 0.878. The fraction of sp³-hybridized carbons (Fsp3) is 0.625. The molecule has 2 nitrogen and oxygen atoms in total. The van der Waals surface area contributed by atoms with E-state index in [1.54, 1.807) is 0 Å². The molecule has 2 atom stereocenters. The normalized spacial score (nSPS) is 27.9. The summed E-state index contributed by atoms with van der Waals surface area (Å²) in [7, 11) is 0. The van der Waals surface area contributed by atoms with Gasteiger partial charge in [0.15, 0.2) is 0 Å². The van der Waals surface area contributed by atoms with Crippen LogP contribution in [0.25, 0.3) is 0 Å². The van der Waals surface area contributed by atoms with Gasteiger partial charge in [-0.25, -0.2) is 0 Å². The Morgan fingerprint density at radius 1 is 1.11 bits per heavy atom. The van der Waals surface area contributed by atoms with Crippen LogP contribution in [-0.4, -0.2) is 31.1 Å². The Kier molecular flexibility index (Phi) is 3.40. The summed E-state index contributed by atoms with van der Waals surface area (Å²) in [6.45, 7) is 10.7. The molecule has 18 heavy (non-hydrogen) atoms. The van der Waals surface area contributed by atoms with E-state index in [9.17, 15) is 0 Å². The Morgan fingerprint density at radius 2 is 1.72 bits per heavy atom. The third-order valence-corrected chi connectivity index (χ3v) is 4.52. The number of fused-ring (bicyclic) bond motifs is 1. The first-order valence-corrected chi connectivity index (χ1v) is 7.24. The molecule has 0 aliphatic carbocycles. The van der Waals surface area contributed by atoms with Crippen molar-refractivity contribution in [3.63, 3.8) is 0 Å². The van der Waals surface area contributed by atoms with Gasteiger partial charge in [0.1, 0.15) is 0 Å². The highest BCUT2D eigenvalue weighted by atomic mass is 15.2. The largest absolute Gasteiger partial charge is 0.316 e. The molecule has 0 spiro atoms. The Morgan fingerprint density at radius 3 is 2.28 bits per heavy atom. The lowest BCUT2D eigenvalue weighted by Gasteiger charge is -2.17. The predicted molar refractivity (Wildman–Crippen MR) is 75.7 cm³/mol. The maximum atomic E-state index is 3.50. The van der Waals surface area contributed by atoms with Gasteiger partial charge in [-0.1, -0.05) is 38.1 Å². The summed E-state index contributed by atoms with van der Waals surface area (Å²) in [5.74, 6) is 2.44. The Hall–Kier alpha value is -0.860. The van der Waals surface area contributed by atoms with Gasteiger partial charge in [-0.3, -0.25) is 4.90 Å². The van der Waals surface area contributed by atoms with Crippen LogP contribution < -0.4 is 5.32 Å². The molecular weight excluding hydrogens is 220 g/mol. The predicted octanol–water partition coefficient (Wildman–Crippen LogP) is 2.46. The highest BCUT2D eigenvalue weighted by Crippen LogP contribution is 2.27. The molecule has 2 heteroatoms. The fourth-order valence-corrected chi connectivity index (χ4v) is 3.35. The van der Waals surface area contributed by atoms with E-state index in [4.69, 9.17) is 0 Å². The number of nitrogens with one attached hydrogen (secondary N) is 1. The summed E-state index contributed by atoms with van der Waals surface area (Å²) >= 11 is 0. The molecule has 3 rings (SSSR count). The van der Waals surface area contributed by atoms with E-state index in [1.165, 1.54) is 37.3 Å². The fourth-order valence-electron chi connectivity index (χ4n) is 3.35. The first-order chi connectivity index (χ1) is 8.72. The number of likely N-dealkylation sites (tertiary alicyclic amines) is 1. The second kappa shape index (κ2) is 5.02. The van der Waals surface area contributed by atoms with E-state index in [-0.39, 0.29) is 0 Å². The average molecular weight is 244 g/mol. The average Bonchev–Trinajstić information content (AvgIpc) is 2.90. The molecule has 2 heterocycles. The first kappa shape index (κ1) is 12.2. The molecular formula is C16H24N2. The van der Waals surface area contributed by atoms with Crippen molar-refractivity contribution >= 4 is 0 Å². The molecule has 0 saturated carbocycles. The van der Waals surface area contributed by atoms with Crippen molar-refractivity contribution in [2.75, 3.05) is 26.2 Å². The minimum atomic E-state index is 0.635. The van der Waals surface area contributed by atoms with Crippen LogP contribution in [-0.2, 0) is 6.54 Å². The van der Waals surface area contributed by atoms with Crippen LogP contribution in [0.15, 0.2) is 24.3 Å². The van der Waals surface area contributed by atoms with Gasteiger partial charge < -0.3 is 5.32 Å². The monoisotopic (exact) mass is 244 g/mol. The molecule has 2 unspecified atom stereocenters. The van der Waals surface area contributed by atoms with Crippen molar-refractivity contribution in [2.24, 2.45) is 11.8 Å². The van der Waals surface area contributed by atoms with Gasteiger partial charge in [-0.2, -0.15) is 0 Å². The van der Waals surface area contributed by atoms with E-state index in [2.05, 4.69) is 48.3 Å². The van der Waals surface area contributed by atoms with Gasteiger partial charge in [-0.05, 0) is 42.0 Å². The molecule has 1 aromatic carbocycles.